The average molecular weight is 908 g/mol. The fraction of sp³-hybridized carbons (Fsp3) is 0.429. The van der Waals surface area contributed by atoms with Crippen LogP contribution in [0.5, 0.6) is 34.5 Å². The highest BCUT2D eigenvalue weighted by Gasteiger charge is 2.34. The fourth-order valence-electron chi connectivity index (χ4n) is 5.95. The first-order chi connectivity index (χ1) is 27.1. The van der Waals surface area contributed by atoms with Gasteiger partial charge in [-0.25, -0.2) is 0 Å². The number of benzene rings is 4. The molecule has 320 valence electrons. The lowest BCUT2D eigenvalue weighted by Gasteiger charge is -2.39. The summed E-state index contributed by atoms with van der Waals surface area (Å²) in [6, 6.07) is 31.3. The number of para-hydroxylation sites is 6. The maximum atomic E-state index is 12.5. The number of alkyl halides is 7. The Hall–Kier alpha value is -4.05. The summed E-state index contributed by atoms with van der Waals surface area (Å²) in [6.45, 7) is 9.29. The van der Waals surface area contributed by atoms with Crippen molar-refractivity contribution in [1.82, 2.24) is 10.2 Å². The van der Waals surface area contributed by atoms with Gasteiger partial charge in [0, 0.05) is 25.0 Å². The van der Waals surface area contributed by atoms with Crippen molar-refractivity contribution in [2.45, 2.75) is 63.5 Å². The molecule has 16 heteroatoms. The van der Waals surface area contributed by atoms with Crippen molar-refractivity contribution >= 4 is 28.3 Å². The van der Waals surface area contributed by atoms with Crippen molar-refractivity contribution in [3.05, 3.63) is 109 Å². The molecule has 0 radical (unpaired) electrons. The topological polar surface area (TPSA) is 70.7 Å². The van der Waals surface area contributed by atoms with Gasteiger partial charge in [-0.05, 0) is 101 Å². The Labute approximate surface area is 350 Å². The number of halogens is 8. The van der Waals surface area contributed by atoms with Gasteiger partial charge < -0.3 is 33.7 Å². The van der Waals surface area contributed by atoms with Gasteiger partial charge in [0.1, 0.15) is 29.3 Å². The summed E-state index contributed by atoms with van der Waals surface area (Å²) < 4.78 is 104. The Morgan fingerprint density at radius 1 is 0.569 bits per heavy atom. The van der Waals surface area contributed by atoms with Crippen LogP contribution in [0.25, 0.3) is 0 Å². The van der Waals surface area contributed by atoms with E-state index in [2.05, 4.69) is 49.5 Å². The average Bonchev–Trinajstić information content (AvgIpc) is 3.16. The van der Waals surface area contributed by atoms with Crippen LogP contribution in [0.4, 0.5) is 26.3 Å². The van der Waals surface area contributed by atoms with E-state index < -0.39 is 12.7 Å². The molecular formula is C42H50BrClF6N2O6. The van der Waals surface area contributed by atoms with Gasteiger partial charge in [0.15, 0.2) is 23.0 Å². The first-order valence-electron chi connectivity index (χ1n) is 18.6. The predicted molar refractivity (Wildman–Crippen MR) is 217 cm³/mol. The van der Waals surface area contributed by atoms with Gasteiger partial charge in [0.05, 0.1) is 6.61 Å². The van der Waals surface area contributed by atoms with Crippen LogP contribution < -0.4 is 33.7 Å². The van der Waals surface area contributed by atoms with Crippen molar-refractivity contribution in [2.24, 2.45) is 0 Å². The molecule has 2 saturated heterocycles. The third-order valence-corrected chi connectivity index (χ3v) is 9.26. The second kappa shape index (κ2) is 23.5. The van der Waals surface area contributed by atoms with Crippen molar-refractivity contribution < 1.29 is 54.8 Å². The second-order valence-electron chi connectivity index (χ2n) is 13.7. The Bertz CT molecular complexity index is 1730. The molecule has 0 atom stereocenters. The number of rotatable bonds is 13. The fourth-order valence-corrected chi connectivity index (χ4v) is 6.11. The van der Waals surface area contributed by atoms with Gasteiger partial charge in [-0.3, -0.25) is 4.90 Å². The van der Waals surface area contributed by atoms with E-state index in [4.69, 9.17) is 18.9 Å². The minimum absolute atomic E-state index is 0. The molecule has 0 aliphatic carbocycles. The number of nitrogens with one attached hydrogen (secondary N) is 1. The summed E-state index contributed by atoms with van der Waals surface area (Å²) in [7, 11) is 0. The summed E-state index contributed by atoms with van der Waals surface area (Å²) in [4.78, 5) is 2.23. The highest BCUT2D eigenvalue weighted by atomic mass is 79.9. The maximum Gasteiger partial charge on any atom is 0.573 e. The lowest BCUT2D eigenvalue weighted by molar-refractivity contribution is -0.276. The van der Waals surface area contributed by atoms with Gasteiger partial charge in [0.25, 0.3) is 0 Å². The number of likely N-dealkylation sites (tertiary alicyclic amines) is 1. The van der Waals surface area contributed by atoms with E-state index in [0.717, 1.165) is 63.4 Å². The van der Waals surface area contributed by atoms with Gasteiger partial charge in [-0.1, -0.05) is 76.6 Å². The van der Waals surface area contributed by atoms with E-state index in [-0.39, 0.29) is 59.8 Å². The Balaban J connectivity index is 0.000000253. The van der Waals surface area contributed by atoms with Crippen molar-refractivity contribution in [3.8, 4) is 34.5 Å². The first-order valence-corrected chi connectivity index (χ1v) is 19.7. The summed E-state index contributed by atoms with van der Waals surface area (Å²) in [5, 5.41) is 3.88. The van der Waals surface area contributed by atoms with E-state index in [9.17, 15) is 26.3 Å². The molecule has 6 rings (SSSR count). The predicted octanol–water partition coefficient (Wildman–Crippen LogP) is 10.9. The molecule has 58 heavy (non-hydrogen) atoms. The third kappa shape index (κ3) is 18.3. The van der Waals surface area contributed by atoms with Crippen molar-refractivity contribution in [1.29, 1.82) is 0 Å². The molecule has 4 aromatic carbocycles. The number of hydrogen-bond donors (Lipinski definition) is 1. The molecule has 4 aromatic rings. The van der Waals surface area contributed by atoms with Crippen molar-refractivity contribution in [2.75, 3.05) is 51.3 Å². The number of ether oxygens (including phenoxy) is 6. The van der Waals surface area contributed by atoms with E-state index in [1.54, 1.807) is 12.1 Å². The van der Waals surface area contributed by atoms with Crippen LogP contribution in [0, 0.1) is 0 Å². The lowest BCUT2D eigenvalue weighted by atomic mass is 9.93. The van der Waals surface area contributed by atoms with Crippen molar-refractivity contribution in [3.63, 3.8) is 0 Å². The summed E-state index contributed by atoms with van der Waals surface area (Å²) >= 11 is 3.10. The molecule has 0 spiro atoms. The highest BCUT2D eigenvalue weighted by molar-refractivity contribution is 9.09. The summed E-state index contributed by atoms with van der Waals surface area (Å²) in [5.41, 5.74) is -0.196. The van der Waals surface area contributed by atoms with Crippen LogP contribution in [0.1, 0.15) is 39.5 Å². The van der Waals surface area contributed by atoms with Crippen LogP contribution in [0.15, 0.2) is 109 Å². The molecule has 0 aromatic heterocycles. The highest BCUT2D eigenvalue weighted by Crippen LogP contribution is 2.34. The monoisotopic (exact) mass is 906 g/mol. The third-order valence-electron chi connectivity index (χ3n) is 8.94. The molecular weight excluding hydrogens is 858 g/mol. The quantitative estimate of drug-likeness (QED) is 0.105. The number of hydrogen-bond acceptors (Lipinski definition) is 8. The molecule has 0 amide bonds. The van der Waals surface area contributed by atoms with Gasteiger partial charge in [-0.2, -0.15) is 0 Å². The van der Waals surface area contributed by atoms with Gasteiger partial charge >= 0.3 is 12.7 Å². The standard InChI is InChI=1S/C21H24F3NO3.C12H17NO.C9H8BrF3O2.ClH/c1-20(27-17-7-3-2-4-8-17)11-13-25(14-12-20)15-16-26-18-9-5-6-10-19(18)28-21(22,23)24;1-12(7-9-13-10-8-12)14-11-5-3-2-4-6-11;10-5-6-14-7-3-1-2-4-8(7)15-9(11,12)13;/h2-10H,11-16H2,1H3;2-6,13H,7-10H2,1H3;1-4H,5-6H2;1H. The molecule has 2 aliphatic heterocycles. The minimum atomic E-state index is -4.74. The second-order valence-corrected chi connectivity index (χ2v) is 14.5. The zero-order chi connectivity index (χ0) is 41.2. The van der Waals surface area contributed by atoms with Gasteiger partial charge in [0.2, 0.25) is 0 Å². The molecule has 0 saturated carbocycles. The molecule has 1 N–H and O–H groups in total. The number of nitrogens with zero attached hydrogens (tertiary/aromatic N) is 1. The Morgan fingerprint density at radius 3 is 1.36 bits per heavy atom. The molecule has 0 unspecified atom stereocenters. The van der Waals surface area contributed by atoms with Crippen LogP contribution in [-0.2, 0) is 0 Å². The minimum Gasteiger partial charge on any atom is -0.489 e. The zero-order valence-corrected chi connectivity index (χ0v) is 34.7. The molecule has 2 heterocycles. The smallest absolute Gasteiger partial charge is 0.489 e. The van der Waals surface area contributed by atoms with Crippen LogP contribution in [0.3, 0.4) is 0 Å². The van der Waals surface area contributed by atoms with E-state index in [1.165, 1.54) is 36.4 Å². The molecule has 0 bridgehead atoms. The summed E-state index contributed by atoms with van der Waals surface area (Å²) in [6.07, 6.45) is -5.53. The Kier molecular flexibility index (Phi) is 19.6. The van der Waals surface area contributed by atoms with E-state index >= 15 is 0 Å². The largest absolute Gasteiger partial charge is 0.573 e. The normalized spacial score (nSPS) is 16.1. The van der Waals surface area contributed by atoms with E-state index in [0.29, 0.717) is 11.9 Å². The van der Waals surface area contributed by atoms with Gasteiger partial charge in [-0.15, -0.1) is 38.7 Å². The molecule has 2 fully saturated rings. The van der Waals surface area contributed by atoms with E-state index in [1.807, 2.05) is 60.7 Å². The maximum absolute atomic E-state index is 12.5. The van der Waals surface area contributed by atoms with Crippen LogP contribution in [-0.4, -0.2) is 80.1 Å². The van der Waals surface area contributed by atoms with Crippen LogP contribution in [0.2, 0.25) is 0 Å². The summed E-state index contributed by atoms with van der Waals surface area (Å²) in [5.74, 6) is 1.37. The lowest BCUT2D eigenvalue weighted by Crippen LogP contribution is -2.47. The SMILES string of the molecule is CC1(Oc2ccccc2)CCN(CCOc2ccccc2OC(F)(F)F)CC1.CC1(Oc2ccccc2)CCNCC1.Cl.FC(F)(F)Oc1ccccc1OCCBr. The van der Waals surface area contributed by atoms with Crippen LogP contribution >= 0.6 is 28.3 Å². The first kappa shape index (κ1) is 48.3. The zero-order valence-electron chi connectivity index (χ0n) is 32.3. The Morgan fingerprint density at radius 2 is 0.948 bits per heavy atom. The number of piperidine rings is 2. The molecule has 8 nitrogen and oxygen atoms in total. The molecule has 2 aliphatic rings.